The molecule has 6 nitrogen and oxygen atoms in total. The van der Waals surface area contributed by atoms with Gasteiger partial charge in [-0.1, -0.05) is 48.3 Å². The summed E-state index contributed by atoms with van der Waals surface area (Å²) in [5.74, 6) is -1.02. The van der Waals surface area contributed by atoms with Gasteiger partial charge in [-0.25, -0.2) is 12.8 Å². The van der Waals surface area contributed by atoms with E-state index in [2.05, 4.69) is 20.9 Å². The van der Waals surface area contributed by atoms with Crippen molar-refractivity contribution in [3.8, 4) is 5.88 Å². The lowest BCUT2D eigenvalue weighted by Gasteiger charge is -2.23. The summed E-state index contributed by atoms with van der Waals surface area (Å²) in [4.78, 5) is 16.8. The number of aromatic hydroxyl groups is 1. The number of sulfone groups is 1. The molecule has 1 aromatic heterocycles. The number of aryl methyl sites for hydroxylation is 1. The molecule has 0 saturated carbocycles. The number of hydrogen-bond acceptors (Lipinski definition) is 5. The van der Waals surface area contributed by atoms with E-state index in [0.717, 1.165) is 6.42 Å². The Labute approximate surface area is 194 Å². The number of benzene rings is 2. The summed E-state index contributed by atoms with van der Waals surface area (Å²) in [6.07, 6.45) is 2.26. The molecule has 0 saturated heterocycles. The van der Waals surface area contributed by atoms with E-state index in [1.165, 1.54) is 47.0 Å². The minimum absolute atomic E-state index is 0.137. The van der Waals surface area contributed by atoms with E-state index in [0.29, 0.717) is 29.3 Å². The molecule has 9 heteroatoms. The van der Waals surface area contributed by atoms with E-state index in [-0.39, 0.29) is 10.7 Å². The number of nitrogens with zero attached hydrogens (tertiary/aromatic N) is 2. The zero-order chi connectivity index (χ0) is 23.5. The Hall–Kier alpha value is -2.52. The van der Waals surface area contributed by atoms with Crippen molar-refractivity contribution in [1.82, 2.24) is 9.55 Å². The first-order valence-corrected chi connectivity index (χ1v) is 12.6. The van der Waals surface area contributed by atoms with Crippen LogP contribution < -0.4 is 5.56 Å². The minimum atomic E-state index is -4.35. The van der Waals surface area contributed by atoms with Gasteiger partial charge in [-0.15, -0.1) is 0 Å². The molecule has 3 aromatic rings. The summed E-state index contributed by atoms with van der Waals surface area (Å²) in [5, 5.41) is 10.5. The van der Waals surface area contributed by atoms with Gasteiger partial charge in [0.05, 0.1) is 10.9 Å². The van der Waals surface area contributed by atoms with Crippen molar-refractivity contribution in [1.29, 1.82) is 0 Å². The van der Waals surface area contributed by atoms with E-state index in [4.69, 9.17) is 0 Å². The molecule has 1 N–H and O–H groups in total. The van der Waals surface area contributed by atoms with Gasteiger partial charge in [0, 0.05) is 10.9 Å². The molecule has 32 heavy (non-hydrogen) atoms. The van der Waals surface area contributed by atoms with Gasteiger partial charge in [-0.2, -0.15) is 4.98 Å². The van der Waals surface area contributed by atoms with Crippen LogP contribution in [0.2, 0.25) is 0 Å². The van der Waals surface area contributed by atoms with Crippen LogP contribution in [0.15, 0.2) is 67.6 Å². The number of aromatic nitrogens is 2. The SMILES string of the molecule is CCCCc1nc(O)c(S(=O)(=O)c2ccc(Br)cc2)c(=O)n1C(CC)c1cccc(F)c1. The fourth-order valence-corrected chi connectivity index (χ4v) is 5.24. The molecule has 1 heterocycles. The first-order chi connectivity index (χ1) is 15.2. The van der Waals surface area contributed by atoms with Crippen LogP contribution >= 0.6 is 15.9 Å². The van der Waals surface area contributed by atoms with Crippen molar-refractivity contribution >= 4 is 25.8 Å². The standard InChI is InChI=1S/C23H24BrFN2O4S/c1-3-5-9-20-26-22(28)21(32(30,31)18-12-10-16(24)11-13-18)23(29)27(20)19(4-2)15-7-6-8-17(25)14-15/h6-8,10-14,19,28H,3-5,9H2,1-2H3. The summed E-state index contributed by atoms with van der Waals surface area (Å²) in [7, 11) is -4.35. The molecule has 0 radical (unpaired) electrons. The first-order valence-electron chi connectivity index (χ1n) is 10.3. The second-order valence-corrected chi connectivity index (χ2v) is 10.2. The highest BCUT2D eigenvalue weighted by Crippen LogP contribution is 2.29. The Kier molecular flexibility index (Phi) is 7.51. The van der Waals surface area contributed by atoms with Crippen molar-refractivity contribution in [2.45, 2.75) is 55.4 Å². The first kappa shape index (κ1) is 24.1. The monoisotopic (exact) mass is 522 g/mol. The fraction of sp³-hybridized carbons (Fsp3) is 0.304. The van der Waals surface area contributed by atoms with Gasteiger partial charge in [-0.3, -0.25) is 9.36 Å². The molecular formula is C23H24BrFN2O4S. The van der Waals surface area contributed by atoms with Crippen molar-refractivity contribution in [2.24, 2.45) is 0 Å². The molecule has 0 aliphatic heterocycles. The third-order valence-corrected chi connectivity index (χ3v) is 7.52. The van der Waals surface area contributed by atoms with E-state index in [9.17, 15) is 22.7 Å². The summed E-state index contributed by atoms with van der Waals surface area (Å²) >= 11 is 3.25. The maximum absolute atomic E-state index is 13.9. The second-order valence-electron chi connectivity index (χ2n) is 7.40. The molecule has 0 aliphatic carbocycles. The Morgan fingerprint density at radius 1 is 1.16 bits per heavy atom. The molecule has 0 fully saturated rings. The lowest BCUT2D eigenvalue weighted by Crippen LogP contribution is -2.33. The van der Waals surface area contributed by atoms with Crippen LogP contribution in [0, 0.1) is 5.82 Å². The molecule has 2 aromatic carbocycles. The Morgan fingerprint density at radius 3 is 2.44 bits per heavy atom. The summed E-state index contributed by atoms with van der Waals surface area (Å²) in [6.45, 7) is 3.79. The number of rotatable bonds is 8. The smallest absolute Gasteiger partial charge is 0.277 e. The van der Waals surface area contributed by atoms with Crippen LogP contribution in [-0.2, 0) is 16.3 Å². The van der Waals surface area contributed by atoms with Crippen molar-refractivity contribution in [3.05, 3.63) is 80.6 Å². The lowest BCUT2D eigenvalue weighted by atomic mass is 10.0. The predicted octanol–water partition coefficient (Wildman–Crippen LogP) is 5.03. The zero-order valence-corrected chi connectivity index (χ0v) is 20.2. The van der Waals surface area contributed by atoms with Gasteiger partial charge < -0.3 is 5.11 Å². The van der Waals surface area contributed by atoms with Crippen LogP contribution in [-0.4, -0.2) is 23.1 Å². The zero-order valence-electron chi connectivity index (χ0n) is 17.8. The number of unbranched alkanes of at least 4 members (excludes halogenated alkanes) is 1. The maximum Gasteiger partial charge on any atom is 0.277 e. The summed E-state index contributed by atoms with van der Waals surface area (Å²) in [6, 6.07) is 11.0. The van der Waals surface area contributed by atoms with Gasteiger partial charge in [0.2, 0.25) is 15.7 Å². The van der Waals surface area contributed by atoms with Gasteiger partial charge in [0.1, 0.15) is 11.6 Å². The van der Waals surface area contributed by atoms with Gasteiger partial charge in [0.15, 0.2) is 4.90 Å². The van der Waals surface area contributed by atoms with E-state index >= 15 is 0 Å². The average Bonchev–Trinajstić information content (AvgIpc) is 2.74. The second kappa shape index (κ2) is 9.95. The minimum Gasteiger partial charge on any atom is -0.492 e. The molecule has 0 spiro atoms. The molecule has 0 aliphatic rings. The highest BCUT2D eigenvalue weighted by molar-refractivity contribution is 9.10. The molecular weight excluding hydrogens is 499 g/mol. The quantitative estimate of drug-likeness (QED) is 0.448. The van der Waals surface area contributed by atoms with Gasteiger partial charge in [0.25, 0.3) is 5.56 Å². The summed E-state index contributed by atoms with van der Waals surface area (Å²) in [5.41, 5.74) is -0.352. The Balaban J connectivity index is 2.30. The van der Waals surface area contributed by atoms with Crippen LogP contribution in [0.25, 0.3) is 0 Å². The lowest BCUT2D eigenvalue weighted by molar-refractivity contribution is 0.406. The Morgan fingerprint density at radius 2 is 1.84 bits per heavy atom. The molecule has 0 bridgehead atoms. The normalized spacial score (nSPS) is 12.6. The summed E-state index contributed by atoms with van der Waals surface area (Å²) < 4.78 is 42.4. The van der Waals surface area contributed by atoms with Crippen LogP contribution in [0.3, 0.4) is 0 Å². The molecule has 1 unspecified atom stereocenters. The average molecular weight is 523 g/mol. The predicted molar refractivity (Wildman–Crippen MR) is 123 cm³/mol. The van der Waals surface area contributed by atoms with Crippen molar-refractivity contribution in [3.63, 3.8) is 0 Å². The van der Waals surface area contributed by atoms with E-state index in [1.54, 1.807) is 6.07 Å². The maximum atomic E-state index is 13.9. The number of hydrogen-bond donors (Lipinski definition) is 1. The third kappa shape index (κ3) is 4.78. The Bertz CT molecular complexity index is 1270. The van der Waals surface area contributed by atoms with E-state index < -0.39 is 38.0 Å². The van der Waals surface area contributed by atoms with Gasteiger partial charge in [-0.05, 0) is 54.8 Å². The molecule has 0 amide bonds. The van der Waals surface area contributed by atoms with Crippen LogP contribution in [0.4, 0.5) is 4.39 Å². The topological polar surface area (TPSA) is 89.3 Å². The van der Waals surface area contributed by atoms with Crippen LogP contribution in [0.5, 0.6) is 5.88 Å². The molecule has 3 rings (SSSR count). The van der Waals surface area contributed by atoms with Crippen molar-refractivity contribution < 1.29 is 17.9 Å². The van der Waals surface area contributed by atoms with Crippen molar-refractivity contribution in [2.75, 3.05) is 0 Å². The highest BCUT2D eigenvalue weighted by atomic mass is 79.9. The molecule has 170 valence electrons. The van der Waals surface area contributed by atoms with Crippen LogP contribution in [0.1, 0.15) is 50.5 Å². The van der Waals surface area contributed by atoms with E-state index in [1.807, 2.05) is 13.8 Å². The fourth-order valence-electron chi connectivity index (χ4n) is 3.63. The van der Waals surface area contributed by atoms with Gasteiger partial charge >= 0.3 is 0 Å². The molecule has 1 atom stereocenters. The largest absolute Gasteiger partial charge is 0.492 e. The highest BCUT2D eigenvalue weighted by Gasteiger charge is 2.31. The third-order valence-electron chi connectivity index (χ3n) is 5.21. The number of halogens is 2.